The van der Waals surface area contributed by atoms with E-state index in [9.17, 15) is 4.79 Å². The second-order valence-corrected chi connectivity index (χ2v) is 13.5. The van der Waals surface area contributed by atoms with Gasteiger partial charge in [-0.05, 0) is 108 Å². The highest BCUT2D eigenvalue weighted by molar-refractivity contribution is 5.83. The number of nitrogens with one attached hydrogen (secondary N) is 2. The lowest BCUT2D eigenvalue weighted by molar-refractivity contribution is 0.124. The first-order valence-corrected chi connectivity index (χ1v) is 16.2. The van der Waals surface area contributed by atoms with Crippen molar-refractivity contribution in [2.24, 2.45) is 22.2 Å². The molecule has 1 saturated heterocycles. The van der Waals surface area contributed by atoms with E-state index in [4.69, 9.17) is 21.9 Å². The van der Waals surface area contributed by atoms with Gasteiger partial charge in [-0.25, -0.2) is 9.18 Å². The van der Waals surface area contributed by atoms with E-state index >= 15 is 4.39 Å². The fourth-order valence-electron chi connectivity index (χ4n) is 6.08. The fourth-order valence-corrected chi connectivity index (χ4v) is 6.08. The summed E-state index contributed by atoms with van der Waals surface area (Å²) in [5.74, 6) is -0.149. The van der Waals surface area contributed by atoms with Gasteiger partial charge in [0, 0.05) is 41.8 Å². The molecule has 8 N–H and O–H groups in total. The lowest BCUT2D eigenvalue weighted by atomic mass is 9.92. The highest BCUT2D eigenvalue weighted by Crippen LogP contribution is 2.34. The monoisotopic (exact) mass is 630 g/mol. The maximum Gasteiger partial charge on any atom is 0.354 e. The van der Waals surface area contributed by atoms with Crippen molar-refractivity contribution in [3.05, 3.63) is 76.1 Å². The Hall–Kier alpha value is -4.22. The zero-order valence-corrected chi connectivity index (χ0v) is 27.3. The third kappa shape index (κ3) is 8.32. The minimum absolute atomic E-state index is 0.0957. The molecule has 2 aromatic carbocycles. The molecule has 3 atom stereocenters. The summed E-state index contributed by atoms with van der Waals surface area (Å²) in [6.45, 7) is 8.26. The van der Waals surface area contributed by atoms with Crippen LogP contribution in [0.15, 0.2) is 58.4 Å². The molecule has 3 heterocycles. The number of ether oxygens (including phenoxy) is 1. The van der Waals surface area contributed by atoms with Crippen LogP contribution in [0, 0.1) is 5.82 Å². The molecule has 1 aliphatic rings. The molecular formula is C35H47FN8O2. The van der Waals surface area contributed by atoms with Crippen LogP contribution in [0.3, 0.4) is 0 Å². The van der Waals surface area contributed by atoms with Crippen molar-refractivity contribution in [3.8, 4) is 22.7 Å². The Balaban J connectivity index is 1.40. The van der Waals surface area contributed by atoms with E-state index in [0.717, 1.165) is 56.1 Å². The van der Waals surface area contributed by atoms with Crippen LogP contribution in [0.4, 0.5) is 4.39 Å². The number of H-pyrrole nitrogens is 1. The Labute approximate surface area is 269 Å². The van der Waals surface area contributed by atoms with E-state index < -0.39 is 17.1 Å². The van der Waals surface area contributed by atoms with Crippen LogP contribution < -0.4 is 32.9 Å². The van der Waals surface area contributed by atoms with Gasteiger partial charge in [0.25, 0.3) is 0 Å². The Morgan fingerprint density at radius 3 is 2.63 bits per heavy atom. The summed E-state index contributed by atoms with van der Waals surface area (Å²) in [7, 11) is 0. The van der Waals surface area contributed by atoms with E-state index in [1.165, 1.54) is 4.57 Å². The number of hydrogen-bond acceptors (Lipinski definition) is 6. The number of piperidine rings is 1. The number of rotatable bonds is 11. The van der Waals surface area contributed by atoms with Crippen LogP contribution in [0.2, 0.25) is 0 Å². The predicted molar refractivity (Wildman–Crippen MR) is 183 cm³/mol. The van der Waals surface area contributed by atoms with E-state index in [2.05, 4.69) is 20.3 Å². The highest BCUT2D eigenvalue weighted by atomic mass is 19.1. The smallest absolute Gasteiger partial charge is 0.354 e. The summed E-state index contributed by atoms with van der Waals surface area (Å²) in [6.07, 6.45) is 8.33. The number of nitrogens with zero attached hydrogens (tertiary/aromatic N) is 3. The Kier molecular flexibility index (Phi) is 10.1. The van der Waals surface area contributed by atoms with Gasteiger partial charge in [-0.2, -0.15) is 4.98 Å². The van der Waals surface area contributed by atoms with Crippen molar-refractivity contribution >= 4 is 17.0 Å². The highest BCUT2D eigenvalue weighted by Gasteiger charge is 2.23. The van der Waals surface area contributed by atoms with Gasteiger partial charge in [0.05, 0.1) is 11.4 Å². The molecule has 10 nitrogen and oxygen atoms in total. The van der Waals surface area contributed by atoms with Crippen molar-refractivity contribution in [1.29, 1.82) is 0 Å². The summed E-state index contributed by atoms with van der Waals surface area (Å²) < 4.78 is 23.4. The molecule has 0 amide bonds. The number of guanidine groups is 1. The molecule has 0 spiro atoms. The van der Waals surface area contributed by atoms with Gasteiger partial charge in [-0.1, -0.05) is 18.6 Å². The largest absolute Gasteiger partial charge is 0.485 e. The summed E-state index contributed by atoms with van der Waals surface area (Å²) in [5.41, 5.74) is 20.0. The number of aromatic nitrogens is 3. The van der Waals surface area contributed by atoms with Crippen LogP contribution in [0.25, 0.3) is 28.0 Å². The average molecular weight is 631 g/mol. The zero-order valence-electron chi connectivity index (χ0n) is 27.3. The first kappa shape index (κ1) is 33.2. The molecule has 4 aromatic rings. The quantitative estimate of drug-likeness (QED) is 0.112. The number of hydrogen-bond donors (Lipinski definition) is 5. The van der Waals surface area contributed by atoms with Crippen molar-refractivity contribution in [1.82, 2.24) is 19.9 Å². The Morgan fingerprint density at radius 2 is 1.93 bits per heavy atom. The molecule has 11 heteroatoms. The van der Waals surface area contributed by atoms with Crippen LogP contribution >= 0.6 is 0 Å². The van der Waals surface area contributed by atoms with E-state index in [1.807, 2.05) is 64.1 Å². The van der Waals surface area contributed by atoms with Gasteiger partial charge in [0.15, 0.2) is 17.5 Å². The number of aromatic amines is 1. The zero-order chi connectivity index (χ0) is 33.0. The Bertz CT molecular complexity index is 1730. The number of benzene rings is 2. The van der Waals surface area contributed by atoms with Crippen LogP contribution in [0.5, 0.6) is 5.75 Å². The predicted octanol–water partition coefficient (Wildman–Crippen LogP) is 5.21. The van der Waals surface area contributed by atoms with Gasteiger partial charge in [0.2, 0.25) is 0 Å². The summed E-state index contributed by atoms with van der Waals surface area (Å²) in [6, 6.07) is 14.1. The molecule has 1 fully saturated rings. The minimum Gasteiger partial charge on any atom is -0.485 e. The number of halogens is 1. The van der Waals surface area contributed by atoms with Gasteiger partial charge < -0.3 is 32.2 Å². The van der Waals surface area contributed by atoms with E-state index in [1.54, 1.807) is 12.3 Å². The molecule has 0 radical (unpaired) electrons. The van der Waals surface area contributed by atoms with Crippen molar-refractivity contribution < 1.29 is 9.13 Å². The average Bonchev–Trinajstić information content (AvgIpc) is 3.40. The standard InChI is InChI=1S/C35H47FN8O2/c1-21(37)7-5-8-22-17-27(31(36)30(18-22)46-35(2,3)4)29-19-24-20-44(34(45)43-32(24)42-29)26-13-11-23(12-14-26)28-10-6-9-25(41-28)15-16-40-33(38)39/h11-14,17-21,25,28,41H,5-10,15-16,37H2,1-4H3,(H4,38,39,40)(H,42,43,45)/t21-,25-,28-/m0/s1. The van der Waals surface area contributed by atoms with Crippen LogP contribution in [-0.4, -0.2) is 44.7 Å². The third-order valence-electron chi connectivity index (χ3n) is 8.27. The molecule has 0 bridgehead atoms. The van der Waals surface area contributed by atoms with Crippen LogP contribution in [0.1, 0.15) is 83.4 Å². The molecule has 46 heavy (non-hydrogen) atoms. The normalized spacial score (nSPS) is 17.6. The van der Waals surface area contributed by atoms with Gasteiger partial charge >= 0.3 is 5.69 Å². The topological polar surface area (TPSA) is 162 Å². The Morgan fingerprint density at radius 1 is 1.17 bits per heavy atom. The summed E-state index contributed by atoms with van der Waals surface area (Å²) in [4.78, 5) is 24.7. The SMILES string of the molecule is C[C@H](N)CCCc1cc(OC(C)(C)C)c(F)c(-c2cc3cn(-c4ccc([C@@H]5CCC[C@@H](CCN=C(N)N)N5)cc4)c(=O)nc3[nH]2)c1. The lowest BCUT2D eigenvalue weighted by Gasteiger charge is -2.31. The molecule has 0 unspecified atom stereocenters. The van der Waals surface area contributed by atoms with Crippen molar-refractivity contribution in [2.75, 3.05) is 6.54 Å². The summed E-state index contributed by atoms with van der Waals surface area (Å²) in [5, 5.41) is 4.41. The maximum absolute atomic E-state index is 15.9. The summed E-state index contributed by atoms with van der Waals surface area (Å²) >= 11 is 0. The first-order valence-electron chi connectivity index (χ1n) is 16.2. The molecule has 2 aromatic heterocycles. The van der Waals surface area contributed by atoms with E-state index in [-0.39, 0.29) is 23.8 Å². The molecule has 1 aliphatic heterocycles. The molecule has 0 saturated carbocycles. The van der Waals surface area contributed by atoms with Crippen molar-refractivity contribution in [3.63, 3.8) is 0 Å². The second kappa shape index (κ2) is 14.0. The van der Waals surface area contributed by atoms with Gasteiger partial charge in [0.1, 0.15) is 11.2 Å². The second-order valence-electron chi connectivity index (χ2n) is 13.5. The molecule has 246 valence electrons. The molecule has 5 rings (SSSR count). The fraction of sp³-hybridized carbons (Fsp3) is 0.457. The number of aliphatic imine (C=N–C) groups is 1. The van der Waals surface area contributed by atoms with Gasteiger partial charge in [-0.3, -0.25) is 9.56 Å². The molecular weight excluding hydrogens is 583 g/mol. The van der Waals surface area contributed by atoms with E-state index in [0.29, 0.717) is 40.6 Å². The molecule has 0 aliphatic carbocycles. The maximum atomic E-state index is 15.9. The lowest BCUT2D eigenvalue weighted by Crippen LogP contribution is -2.37. The minimum atomic E-state index is -0.577. The number of aryl methyl sites for hydroxylation is 1. The van der Waals surface area contributed by atoms with Crippen molar-refractivity contribution in [2.45, 2.75) is 96.4 Å². The number of nitrogens with two attached hydrogens (primary N) is 3. The van der Waals surface area contributed by atoms with Crippen LogP contribution in [-0.2, 0) is 6.42 Å². The van der Waals surface area contributed by atoms with Gasteiger partial charge in [-0.15, -0.1) is 0 Å². The third-order valence-corrected chi connectivity index (χ3v) is 8.27. The first-order chi connectivity index (χ1) is 21.9. The number of fused-ring (bicyclic) bond motifs is 1.